The predicted octanol–water partition coefficient (Wildman–Crippen LogP) is 3.80. The van der Waals surface area contributed by atoms with Gasteiger partial charge in [0.15, 0.2) is 9.84 Å². The van der Waals surface area contributed by atoms with E-state index in [4.69, 9.17) is 17.3 Å². The van der Waals surface area contributed by atoms with Crippen molar-refractivity contribution in [3.8, 4) is 0 Å². The minimum absolute atomic E-state index is 0.0346. The minimum atomic E-state index is -3.63. The van der Waals surface area contributed by atoms with E-state index in [1.807, 2.05) is 0 Å². The summed E-state index contributed by atoms with van der Waals surface area (Å²) in [7, 11) is -3.63. The van der Waals surface area contributed by atoms with Crippen molar-refractivity contribution in [3.63, 3.8) is 0 Å². The van der Waals surface area contributed by atoms with Crippen molar-refractivity contribution in [2.45, 2.75) is 10.6 Å². The van der Waals surface area contributed by atoms with Gasteiger partial charge in [0.2, 0.25) is 0 Å². The second-order valence-electron chi connectivity index (χ2n) is 4.19. The highest BCUT2D eigenvalue weighted by Crippen LogP contribution is 2.27. The highest BCUT2D eigenvalue weighted by molar-refractivity contribution is 9.10. The monoisotopic (exact) mass is 377 g/mol. The molecule has 0 saturated heterocycles. The van der Waals surface area contributed by atoms with Gasteiger partial charge in [-0.1, -0.05) is 33.6 Å². The van der Waals surface area contributed by atoms with Crippen LogP contribution in [0.5, 0.6) is 0 Å². The van der Waals surface area contributed by atoms with Crippen LogP contribution in [0.15, 0.2) is 45.8 Å². The van der Waals surface area contributed by atoms with Crippen molar-refractivity contribution in [3.05, 3.63) is 57.3 Å². The van der Waals surface area contributed by atoms with Gasteiger partial charge in [0.1, 0.15) is 5.82 Å². The molecule has 0 radical (unpaired) electrons. The van der Waals surface area contributed by atoms with Crippen LogP contribution in [0.2, 0.25) is 5.02 Å². The summed E-state index contributed by atoms with van der Waals surface area (Å²) in [6, 6.07) is 8.42. The zero-order chi connectivity index (χ0) is 14.9. The zero-order valence-electron chi connectivity index (χ0n) is 10.1. The van der Waals surface area contributed by atoms with Crippen LogP contribution in [0.4, 0.5) is 10.1 Å². The number of hydrogen-bond donors (Lipinski definition) is 1. The first kappa shape index (κ1) is 15.3. The molecule has 2 rings (SSSR count). The van der Waals surface area contributed by atoms with Crippen LogP contribution in [0.25, 0.3) is 0 Å². The van der Waals surface area contributed by atoms with Crippen LogP contribution < -0.4 is 5.73 Å². The molecule has 0 unspecified atom stereocenters. The lowest BCUT2D eigenvalue weighted by atomic mass is 10.2. The fourth-order valence-corrected chi connectivity index (χ4v) is 3.93. The molecule has 0 heterocycles. The highest BCUT2D eigenvalue weighted by Gasteiger charge is 2.19. The third kappa shape index (κ3) is 3.31. The Labute approximate surface area is 129 Å². The molecule has 2 aromatic carbocycles. The fraction of sp³-hybridized carbons (Fsp3) is 0.0769. The normalized spacial score (nSPS) is 11.6. The highest BCUT2D eigenvalue weighted by atomic mass is 79.9. The number of nitrogen functional groups attached to an aromatic ring is 1. The van der Waals surface area contributed by atoms with Gasteiger partial charge >= 0.3 is 0 Å². The molecule has 106 valence electrons. The first-order chi connectivity index (χ1) is 9.29. The molecular formula is C13H10BrClFNO2S. The molecule has 0 saturated carbocycles. The van der Waals surface area contributed by atoms with Gasteiger partial charge < -0.3 is 5.73 Å². The lowest BCUT2D eigenvalue weighted by molar-refractivity contribution is 0.595. The SMILES string of the molecule is Nc1ccc(Br)cc1S(=O)(=O)Cc1ccc(F)c(Cl)c1. The van der Waals surface area contributed by atoms with Crippen LogP contribution in [-0.2, 0) is 15.6 Å². The maximum absolute atomic E-state index is 13.1. The van der Waals surface area contributed by atoms with Crippen LogP contribution >= 0.6 is 27.5 Å². The van der Waals surface area contributed by atoms with Gasteiger partial charge in [0.05, 0.1) is 21.4 Å². The number of anilines is 1. The molecule has 3 nitrogen and oxygen atoms in total. The van der Waals surface area contributed by atoms with Crippen molar-refractivity contribution < 1.29 is 12.8 Å². The molecule has 0 atom stereocenters. The van der Waals surface area contributed by atoms with Crippen molar-refractivity contribution in [2.24, 2.45) is 0 Å². The Morgan fingerprint density at radius 2 is 1.90 bits per heavy atom. The molecule has 0 bridgehead atoms. The Kier molecular flexibility index (Phi) is 4.36. The first-order valence-electron chi connectivity index (χ1n) is 5.51. The number of hydrogen-bond acceptors (Lipinski definition) is 3. The van der Waals surface area contributed by atoms with Crippen molar-refractivity contribution in [1.29, 1.82) is 0 Å². The third-order valence-corrected chi connectivity index (χ3v) is 5.17. The summed E-state index contributed by atoms with van der Waals surface area (Å²) in [6.07, 6.45) is 0. The Hall–Kier alpha value is -1.11. The van der Waals surface area contributed by atoms with E-state index >= 15 is 0 Å². The topological polar surface area (TPSA) is 60.2 Å². The van der Waals surface area contributed by atoms with Crippen LogP contribution in [-0.4, -0.2) is 8.42 Å². The van der Waals surface area contributed by atoms with E-state index in [0.717, 1.165) is 6.07 Å². The van der Waals surface area contributed by atoms with Gasteiger partial charge in [-0.05, 0) is 35.9 Å². The fourth-order valence-electron chi connectivity index (χ4n) is 1.70. The summed E-state index contributed by atoms with van der Waals surface area (Å²) in [5.74, 6) is -0.886. The Bertz CT molecular complexity index is 765. The molecule has 2 N–H and O–H groups in total. The molecule has 0 aliphatic rings. The smallest absolute Gasteiger partial charge is 0.184 e. The lowest BCUT2D eigenvalue weighted by Gasteiger charge is -2.08. The number of halogens is 3. The summed E-state index contributed by atoms with van der Waals surface area (Å²) in [6.45, 7) is 0. The van der Waals surface area contributed by atoms with E-state index in [0.29, 0.717) is 10.0 Å². The van der Waals surface area contributed by atoms with Gasteiger partial charge in [-0.3, -0.25) is 0 Å². The quantitative estimate of drug-likeness (QED) is 0.827. The summed E-state index contributed by atoms with van der Waals surface area (Å²) >= 11 is 8.85. The molecule has 0 aromatic heterocycles. The van der Waals surface area contributed by atoms with E-state index in [9.17, 15) is 12.8 Å². The number of rotatable bonds is 3. The minimum Gasteiger partial charge on any atom is -0.398 e. The Morgan fingerprint density at radius 1 is 1.20 bits per heavy atom. The lowest BCUT2D eigenvalue weighted by Crippen LogP contribution is -2.08. The summed E-state index contributed by atoms with van der Waals surface area (Å²) in [4.78, 5) is 0.0346. The second-order valence-corrected chi connectivity index (χ2v) is 7.47. The Balaban J connectivity index is 2.40. The molecule has 0 fully saturated rings. The van der Waals surface area contributed by atoms with Crippen LogP contribution in [0.3, 0.4) is 0 Å². The van der Waals surface area contributed by atoms with Gasteiger partial charge in [-0.2, -0.15) is 0 Å². The van der Waals surface area contributed by atoms with E-state index in [1.54, 1.807) is 6.07 Å². The van der Waals surface area contributed by atoms with E-state index in [-0.39, 0.29) is 21.4 Å². The molecule has 7 heteroatoms. The van der Waals surface area contributed by atoms with E-state index in [2.05, 4.69) is 15.9 Å². The predicted molar refractivity (Wildman–Crippen MR) is 80.9 cm³/mol. The summed E-state index contributed by atoms with van der Waals surface area (Å²) < 4.78 is 38.3. The third-order valence-electron chi connectivity index (χ3n) is 2.65. The summed E-state index contributed by atoms with van der Waals surface area (Å²) in [5, 5.41) is -0.111. The first-order valence-corrected chi connectivity index (χ1v) is 8.33. The van der Waals surface area contributed by atoms with Gasteiger partial charge in [-0.25, -0.2) is 12.8 Å². The maximum atomic E-state index is 13.1. The molecular weight excluding hydrogens is 369 g/mol. The number of sulfone groups is 1. The molecule has 0 aliphatic heterocycles. The van der Waals surface area contributed by atoms with E-state index < -0.39 is 15.7 Å². The van der Waals surface area contributed by atoms with Crippen LogP contribution in [0.1, 0.15) is 5.56 Å². The number of benzene rings is 2. The Morgan fingerprint density at radius 3 is 2.55 bits per heavy atom. The van der Waals surface area contributed by atoms with Crippen molar-refractivity contribution in [2.75, 3.05) is 5.73 Å². The average molecular weight is 379 g/mol. The molecule has 0 spiro atoms. The zero-order valence-corrected chi connectivity index (χ0v) is 13.3. The van der Waals surface area contributed by atoms with Crippen molar-refractivity contribution >= 4 is 43.1 Å². The maximum Gasteiger partial charge on any atom is 0.184 e. The largest absolute Gasteiger partial charge is 0.398 e. The van der Waals surface area contributed by atoms with Gasteiger partial charge in [0, 0.05) is 4.47 Å². The molecule has 2 aromatic rings. The van der Waals surface area contributed by atoms with Crippen LogP contribution in [0, 0.1) is 5.82 Å². The molecule has 0 amide bonds. The van der Waals surface area contributed by atoms with E-state index in [1.165, 1.54) is 24.3 Å². The van der Waals surface area contributed by atoms with Gasteiger partial charge in [0.25, 0.3) is 0 Å². The number of nitrogens with two attached hydrogens (primary N) is 1. The second kappa shape index (κ2) is 5.71. The standard InChI is InChI=1S/C13H10BrClFNO2S/c14-9-2-4-12(17)13(6-9)20(18,19)7-8-1-3-11(16)10(15)5-8/h1-6H,7,17H2. The van der Waals surface area contributed by atoms with Crippen molar-refractivity contribution in [1.82, 2.24) is 0 Å². The van der Waals surface area contributed by atoms with Gasteiger partial charge in [-0.15, -0.1) is 0 Å². The summed E-state index contributed by atoms with van der Waals surface area (Å²) in [5.41, 5.74) is 6.26. The molecule has 20 heavy (non-hydrogen) atoms. The molecule has 0 aliphatic carbocycles. The average Bonchev–Trinajstić information content (AvgIpc) is 2.36.